The minimum atomic E-state index is 0.598. The van der Waals surface area contributed by atoms with Crippen LogP contribution in [-0.4, -0.2) is 48.1 Å². The Bertz CT molecular complexity index is 417. The molecule has 1 saturated carbocycles. The Hall–Kier alpha value is -0.650. The second-order valence-corrected chi connectivity index (χ2v) is 7.13. The average molecular weight is 280 g/mol. The van der Waals surface area contributed by atoms with Crippen molar-refractivity contribution in [3.05, 3.63) is 11.1 Å². The molecule has 0 aromatic carbocycles. The minimum Gasteiger partial charge on any atom is -0.345 e. The molecular formula is C14H24N4S. The lowest BCUT2D eigenvalue weighted by atomic mass is 10.1. The third-order valence-corrected chi connectivity index (χ3v) is 5.37. The first kappa shape index (κ1) is 13.3. The zero-order chi connectivity index (χ0) is 13.4. The van der Waals surface area contributed by atoms with Gasteiger partial charge >= 0.3 is 0 Å². The molecular weight excluding hydrogens is 256 g/mol. The van der Waals surface area contributed by atoms with Gasteiger partial charge in [-0.05, 0) is 33.7 Å². The van der Waals surface area contributed by atoms with Gasteiger partial charge in [-0.1, -0.05) is 0 Å². The van der Waals surface area contributed by atoms with Crippen LogP contribution in [0.3, 0.4) is 0 Å². The van der Waals surface area contributed by atoms with Crippen molar-refractivity contribution in [3.8, 4) is 0 Å². The lowest BCUT2D eigenvalue weighted by Crippen LogP contribution is -2.55. The number of piperazine rings is 1. The highest BCUT2D eigenvalue weighted by Crippen LogP contribution is 2.27. The molecule has 0 amide bonds. The van der Waals surface area contributed by atoms with Crippen molar-refractivity contribution in [2.45, 2.75) is 51.4 Å². The maximum Gasteiger partial charge on any atom is 0.185 e. The van der Waals surface area contributed by atoms with Gasteiger partial charge in [0.25, 0.3) is 0 Å². The highest BCUT2D eigenvalue weighted by molar-refractivity contribution is 7.15. The fraction of sp³-hybridized carbons (Fsp3) is 0.786. The number of anilines is 1. The minimum absolute atomic E-state index is 0.598. The molecule has 1 aliphatic carbocycles. The van der Waals surface area contributed by atoms with Crippen LogP contribution in [0.15, 0.2) is 6.20 Å². The van der Waals surface area contributed by atoms with Crippen molar-refractivity contribution >= 4 is 16.5 Å². The highest BCUT2D eigenvalue weighted by atomic mass is 32.1. The first-order valence-electron chi connectivity index (χ1n) is 7.28. The number of hydrogen-bond acceptors (Lipinski definition) is 5. The zero-order valence-electron chi connectivity index (χ0n) is 12.1. The summed E-state index contributed by atoms with van der Waals surface area (Å²) in [6.07, 6.45) is 4.74. The molecule has 0 bridgehead atoms. The molecule has 0 spiro atoms. The molecule has 2 unspecified atom stereocenters. The molecule has 2 aliphatic rings. The molecule has 106 valence electrons. The standard InChI is InChI=1S/C14H24N4S/c1-10-8-18(9-11(2)17(10)3)14-16-7-13(19-14)6-15-12-4-5-12/h7,10-12,15H,4-6,8-9H2,1-3H3. The molecule has 1 N–H and O–H groups in total. The third kappa shape index (κ3) is 3.09. The Morgan fingerprint density at radius 1 is 1.32 bits per heavy atom. The zero-order valence-corrected chi connectivity index (χ0v) is 12.9. The Morgan fingerprint density at radius 2 is 2.00 bits per heavy atom. The van der Waals surface area contributed by atoms with E-state index in [1.165, 1.54) is 22.9 Å². The summed E-state index contributed by atoms with van der Waals surface area (Å²) in [6.45, 7) is 7.76. The molecule has 1 aromatic rings. The van der Waals surface area contributed by atoms with Gasteiger partial charge in [0.2, 0.25) is 0 Å². The second-order valence-electron chi connectivity index (χ2n) is 6.03. The van der Waals surface area contributed by atoms with Crippen molar-refractivity contribution in [2.24, 2.45) is 0 Å². The molecule has 2 fully saturated rings. The Morgan fingerprint density at radius 3 is 2.63 bits per heavy atom. The van der Waals surface area contributed by atoms with E-state index in [9.17, 15) is 0 Å². The highest BCUT2D eigenvalue weighted by Gasteiger charge is 2.28. The van der Waals surface area contributed by atoms with Gasteiger partial charge in [-0.15, -0.1) is 11.3 Å². The van der Waals surface area contributed by atoms with Crippen molar-refractivity contribution < 1.29 is 0 Å². The maximum atomic E-state index is 4.62. The molecule has 0 radical (unpaired) electrons. The number of nitrogens with one attached hydrogen (secondary N) is 1. The molecule has 4 nitrogen and oxygen atoms in total. The number of nitrogens with zero attached hydrogens (tertiary/aromatic N) is 3. The summed E-state index contributed by atoms with van der Waals surface area (Å²) in [6, 6.07) is 1.97. The van der Waals surface area contributed by atoms with E-state index < -0.39 is 0 Å². The molecule has 19 heavy (non-hydrogen) atoms. The van der Waals surface area contributed by atoms with Crippen LogP contribution in [0.25, 0.3) is 0 Å². The van der Waals surface area contributed by atoms with Crippen LogP contribution in [0.5, 0.6) is 0 Å². The summed E-state index contributed by atoms with van der Waals surface area (Å²) in [5.41, 5.74) is 0. The van der Waals surface area contributed by atoms with E-state index in [1.807, 2.05) is 17.5 Å². The van der Waals surface area contributed by atoms with E-state index in [-0.39, 0.29) is 0 Å². The second kappa shape index (κ2) is 5.38. The van der Waals surface area contributed by atoms with E-state index >= 15 is 0 Å². The fourth-order valence-corrected chi connectivity index (χ4v) is 3.50. The van der Waals surface area contributed by atoms with Gasteiger partial charge < -0.3 is 10.2 Å². The monoisotopic (exact) mass is 280 g/mol. The van der Waals surface area contributed by atoms with E-state index in [1.54, 1.807) is 0 Å². The quantitative estimate of drug-likeness (QED) is 0.913. The van der Waals surface area contributed by atoms with Crippen LogP contribution in [0.2, 0.25) is 0 Å². The van der Waals surface area contributed by atoms with Crippen molar-refractivity contribution in [1.82, 2.24) is 15.2 Å². The summed E-state index contributed by atoms with van der Waals surface area (Å²) in [7, 11) is 2.22. The SMILES string of the molecule is CC1CN(c2ncc(CNC3CC3)s2)CC(C)N1C. The van der Waals surface area contributed by atoms with Gasteiger partial charge in [-0.2, -0.15) is 0 Å². The molecule has 2 atom stereocenters. The van der Waals surface area contributed by atoms with Crippen LogP contribution in [0.4, 0.5) is 5.13 Å². The molecule has 1 aromatic heterocycles. The van der Waals surface area contributed by atoms with Gasteiger partial charge in [0.05, 0.1) is 0 Å². The largest absolute Gasteiger partial charge is 0.345 e. The lowest BCUT2D eigenvalue weighted by Gasteiger charge is -2.42. The average Bonchev–Trinajstić information content (AvgIpc) is 3.10. The van der Waals surface area contributed by atoms with Crippen molar-refractivity contribution in [3.63, 3.8) is 0 Å². The van der Waals surface area contributed by atoms with Crippen molar-refractivity contribution in [1.29, 1.82) is 0 Å². The van der Waals surface area contributed by atoms with Gasteiger partial charge in [-0.25, -0.2) is 4.98 Å². The van der Waals surface area contributed by atoms with E-state index in [4.69, 9.17) is 0 Å². The Balaban J connectivity index is 1.61. The summed E-state index contributed by atoms with van der Waals surface area (Å²) in [5.74, 6) is 0. The Kier molecular flexibility index (Phi) is 3.78. The maximum absolute atomic E-state index is 4.62. The molecule has 3 rings (SSSR count). The molecule has 5 heteroatoms. The first-order valence-corrected chi connectivity index (χ1v) is 8.10. The van der Waals surface area contributed by atoms with Crippen LogP contribution < -0.4 is 10.2 Å². The summed E-state index contributed by atoms with van der Waals surface area (Å²) < 4.78 is 0. The molecule has 2 heterocycles. The normalized spacial score (nSPS) is 28.9. The molecule has 1 aliphatic heterocycles. The number of hydrogen-bond donors (Lipinski definition) is 1. The van der Waals surface area contributed by atoms with Crippen LogP contribution in [-0.2, 0) is 6.54 Å². The smallest absolute Gasteiger partial charge is 0.185 e. The molecule has 1 saturated heterocycles. The number of rotatable bonds is 4. The van der Waals surface area contributed by atoms with Crippen LogP contribution in [0, 0.1) is 0 Å². The van der Waals surface area contributed by atoms with Gasteiger partial charge in [0, 0.05) is 48.8 Å². The van der Waals surface area contributed by atoms with E-state index in [2.05, 4.69) is 41.0 Å². The van der Waals surface area contributed by atoms with E-state index in [0.29, 0.717) is 12.1 Å². The fourth-order valence-electron chi connectivity index (χ4n) is 2.62. The lowest BCUT2D eigenvalue weighted by molar-refractivity contribution is 0.170. The van der Waals surface area contributed by atoms with E-state index in [0.717, 1.165) is 25.7 Å². The summed E-state index contributed by atoms with van der Waals surface area (Å²) in [5, 5.41) is 4.75. The number of aromatic nitrogens is 1. The summed E-state index contributed by atoms with van der Waals surface area (Å²) >= 11 is 1.85. The first-order chi connectivity index (χ1) is 9.13. The Labute approximate surface area is 119 Å². The summed E-state index contributed by atoms with van der Waals surface area (Å²) in [4.78, 5) is 10.9. The predicted molar refractivity (Wildman–Crippen MR) is 80.9 cm³/mol. The topological polar surface area (TPSA) is 31.4 Å². The van der Waals surface area contributed by atoms with Crippen LogP contribution >= 0.6 is 11.3 Å². The predicted octanol–water partition coefficient (Wildman–Crippen LogP) is 1.92. The third-order valence-electron chi connectivity index (χ3n) is 4.31. The van der Waals surface area contributed by atoms with Gasteiger partial charge in [0.15, 0.2) is 5.13 Å². The van der Waals surface area contributed by atoms with Crippen molar-refractivity contribution in [2.75, 3.05) is 25.0 Å². The number of thiazole rings is 1. The van der Waals surface area contributed by atoms with Gasteiger partial charge in [-0.3, -0.25) is 4.90 Å². The number of likely N-dealkylation sites (N-methyl/N-ethyl adjacent to an activating group) is 1. The van der Waals surface area contributed by atoms with Gasteiger partial charge in [0.1, 0.15) is 0 Å². The van der Waals surface area contributed by atoms with Crippen LogP contribution in [0.1, 0.15) is 31.6 Å².